The molecule has 3 N–H and O–H groups in total. The maximum atomic E-state index is 11.8. The van der Waals surface area contributed by atoms with E-state index in [0.717, 1.165) is 25.8 Å². The summed E-state index contributed by atoms with van der Waals surface area (Å²) in [6.07, 6.45) is 6.98. The fourth-order valence-corrected chi connectivity index (χ4v) is 3.12. The van der Waals surface area contributed by atoms with E-state index in [9.17, 15) is 8.42 Å². The number of aliphatic imine (C=N–C) groups is 1. The maximum Gasteiger partial charge on any atom is 0.213 e. The van der Waals surface area contributed by atoms with Gasteiger partial charge in [-0.25, -0.2) is 13.1 Å². The summed E-state index contributed by atoms with van der Waals surface area (Å²) in [5, 5.41) is 6.22. The molecular weight excluding hydrogens is 415 g/mol. The van der Waals surface area contributed by atoms with E-state index in [-0.39, 0.29) is 29.7 Å². The van der Waals surface area contributed by atoms with Crippen molar-refractivity contribution in [3.63, 3.8) is 0 Å². The van der Waals surface area contributed by atoms with Crippen LogP contribution in [0.25, 0.3) is 0 Å². The highest BCUT2D eigenvalue weighted by Crippen LogP contribution is 2.25. The Morgan fingerprint density at radius 1 is 1.18 bits per heavy atom. The molecule has 1 rings (SSSR count). The van der Waals surface area contributed by atoms with Crippen LogP contribution in [0.5, 0.6) is 0 Å². The van der Waals surface area contributed by atoms with Crippen molar-refractivity contribution in [1.82, 2.24) is 15.4 Å². The molecule has 0 aromatic carbocycles. The third-order valence-corrected chi connectivity index (χ3v) is 5.12. The van der Waals surface area contributed by atoms with Gasteiger partial charge in [-0.2, -0.15) is 0 Å². The number of halogens is 1. The van der Waals surface area contributed by atoms with Crippen molar-refractivity contribution >= 4 is 40.0 Å². The smallest absolute Gasteiger partial charge is 0.213 e. The second-order valence-electron chi connectivity index (χ2n) is 5.60. The molecule has 1 aliphatic rings. The van der Waals surface area contributed by atoms with Crippen LogP contribution in [-0.4, -0.2) is 46.8 Å². The average Bonchev–Trinajstić information content (AvgIpc) is 2.39. The molecule has 1 saturated carbocycles. The molecule has 0 bridgehead atoms. The van der Waals surface area contributed by atoms with Gasteiger partial charge in [0.15, 0.2) is 5.96 Å². The number of rotatable bonds is 10. The van der Waals surface area contributed by atoms with Crippen LogP contribution in [0.2, 0.25) is 0 Å². The number of guanidine groups is 1. The lowest BCUT2D eigenvalue weighted by Gasteiger charge is -2.25. The van der Waals surface area contributed by atoms with Gasteiger partial charge in [-0.05, 0) is 25.2 Å². The molecular formula is C14H31IN4O2S. The van der Waals surface area contributed by atoms with E-state index in [2.05, 4.69) is 27.3 Å². The topological polar surface area (TPSA) is 82.6 Å². The van der Waals surface area contributed by atoms with Crippen molar-refractivity contribution in [2.75, 3.05) is 32.4 Å². The van der Waals surface area contributed by atoms with Crippen LogP contribution in [-0.2, 0) is 10.0 Å². The van der Waals surface area contributed by atoms with Gasteiger partial charge in [0.05, 0.1) is 5.75 Å². The summed E-state index contributed by atoms with van der Waals surface area (Å²) >= 11 is 0. The summed E-state index contributed by atoms with van der Waals surface area (Å²) in [6.45, 7) is 3.98. The lowest BCUT2D eigenvalue weighted by molar-refractivity contribution is 0.316. The molecule has 0 aromatic heterocycles. The molecule has 0 amide bonds. The summed E-state index contributed by atoms with van der Waals surface area (Å²) in [5.41, 5.74) is 0. The number of nitrogens with zero attached hydrogens (tertiary/aromatic N) is 1. The van der Waals surface area contributed by atoms with Crippen molar-refractivity contribution in [1.29, 1.82) is 0 Å². The normalized spacial score (nSPS) is 15.8. The fourth-order valence-electron chi connectivity index (χ4n) is 2.12. The monoisotopic (exact) mass is 446 g/mol. The first-order chi connectivity index (χ1) is 10.1. The number of unbranched alkanes of at least 4 members (excludes halogenated alkanes) is 2. The van der Waals surface area contributed by atoms with E-state index in [0.29, 0.717) is 25.0 Å². The van der Waals surface area contributed by atoms with Gasteiger partial charge < -0.3 is 10.6 Å². The predicted octanol–water partition coefficient (Wildman–Crippen LogP) is 1.68. The summed E-state index contributed by atoms with van der Waals surface area (Å²) in [7, 11) is -1.49. The highest BCUT2D eigenvalue weighted by atomic mass is 127. The molecule has 6 nitrogen and oxygen atoms in total. The molecule has 0 unspecified atom stereocenters. The standard InChI is InChI=1S/C14H30N4O2S.HI/c1-3-4-5-9-16-14(15-2)17-10-11-21(19,20)18-12-13-7-6-8-13;/h13,18H,3-12H2,1-2H3,(H2,15,16,17);1H. The zero-order valence-corrected chi connectivity index (χ0v) is 16.9. The van der Waals surface area contributed by atoms with Gasteiger partial charge >= 0.3 is 0 Å². The Morgan fingerprint density at radius 3 is 2.41 bits per heavy atom. The van der Waals surface area contributed by atoms with Gasteiger partial charge in [0.25, 0.3) is 0 Å². The van der Waals surface area contributed by atoms with E-state index in [1.54, 1.807) is 7.05 Å². The fraction of sp³-hybridized carbons (Fsp3) is 0.929. The molecule has 0 radical (unpaired) electrons. The summed E-state index contributed by atoms with van der Waals surface area (Å²) in [4.78, 5) is 4.08. The van der Waals surface area contributed by atoms with Crippen LogP contribution < -0.4 is 15.4 Å². The molecule has 0 atom stereocenters. The summed E-state index contributed by atoms with van der Waals surface area (Å²) in [5.74, 6) is 1.29. The van der Waals surface area contributed by atoms with Crippen LogP contribution >= 0.6 is 24.0 Å². The zero-order chi connectivity index (χ0) is 15.6. The number of sulfonamides is 1. The van der Waals surface area contributed by atoms with Gasteiger partial charge in [0.1, 0.15) is 0 Å². The SMILES string of the molecule is CCCCCNC(=NC)NCCS(=O)(=O)NCC1CCC1.I. The van der Waals surface area contributed by atoms with Gasteiger partial charge in [0.2, 0.25) is 10.0 Å². The van der Waals surface area contributed by atoms with Gasteiger partial charge in [0, 0.05) is 26.7 Å². The van der Waals surface area contributed by atoms with Crippen molar-refractivity contribution in [2.24, 2.45) is 10.9 Å². The number of hydrogen-bond acceptors (Lipinski definition) is 3. The Kier molecular flexibility index (Phi) is 12.3. The molecule has 132 valence electrons. The largest absolute Gasteiger partial charge is 0.356 e. The van der Waals surface area contributed by atoms with E-state index in [1.165, 1.54) is 19.3 Å². The minimum absolute atomic E-state index is 0. The quantitative estimate of drug-likeness (QED) is 0.206. The molecule has 0 aromatic rings. The first-order valence-corrected chi connectivity index (χ1v) is 9.64. The molecule has 0 aliphatic heterocycles. The van der Waals surface area contributed by atoms with E-state index < -0.39 is 10.0 Å². The molecule has 8 heteroatoms. The maximum absolute atomic E-state index is 11.8. The molecule has 22 heavy (non-hydrogen) atoms. The predicted molar refractivity (Wildman–Crippen MR) is 103 cm³/mol. The Bertz CT molecular complexity index is 411. The van der Waals surface area contributed by atoms with Gasteiger partial charge in [-0.15, -0.1) is 24.0 Å². The molecule has 0 heterocycles. The Labute approximate surface area is 152 Å². The minimum atomic E-state index is -3.18. The van der Waals surface area contributed by atoms with E-state index in [1.807, 2.05) is 0 Å². The number of nitrogens with one attached hydrogen (secondary N) is 3. The Morgan fingerprint density at radius 2 is 1.86 bits per heavy atom. The lowest BCUT2D eigenvalue weighted by atomic mass is 9.86. The first-order valence-electron chi connectivity index (χ1n) is 7.99. The van der Waals surface area contributed by atoms with Gasteiger partial charge in [-0.3, -0.25) is 4.99 Å². The third-order valence-electron chi connectivity index (χ3n) is 3.78. The molecule has 1 fully saturated rings. The molecule has 0 spiro atoms. The average molecular weight is 446 g/mol. The van der Waals surface area contributed by atoms with E-state index >= 15 is 0 Å². The van der Waals surface area contributed by atoms with Crippen molar-refractivity contribution in [2.45, 2.75) is 45.4 Å². The second-order valence-corrected chi connectivity index (χ2v) is 7.52. The lowest BCUT2D eigenvalue weighted by Crippen LogP contribution is -2.42. The Hall–Kier alpha value is -0.0900. The highest BCUT2D eigenvalue weighted by molar-refractivity contribution is 14.0. The first kappa shape index (κ1) is 21.9. The van der Waals surface area contributed by atoms with E-state index in [4.69, 9.17) is 0 Å². The van der Waals surface area contributed by atoms with Gasteiger partial charge in [-0.1, -0.05) is 26.2 Å². The summed E-state index contributed by atoms with van der Waals surface area (Å²) < 4.78 is 26.3. The summed E-state index contributed by atoms with van der Waals surface area (Å²) in [6, 6.07) is 0. The number of hydrogen-bond donors (Lipinski definition) is 3. The molecule has 0 saturated heterocycles. The molecule has 1 aliphatic carbocycles. The Balaban J connectivity index is 0.00000441. The zero-order valence-electron chi connectivity index (χ0n) is 13.7. The van der Waals surface area contributed by atoms with Crippen molar-refractivity contribution < 1.29 is 8.42 Å². The van der Waals surface area contributed by atoms with Crippen LogP contribution in [0.1, 0.15) is 45.4 Å². The second kappa shape index (κ2) is 12.3. The van der Waals surface area contributed by atoms with Crippen LogP contribution in [0.4, 0.5) is 0 Å². The van der Waals surface area contributed by atoms with Crippen LogP contribution in [0, 0.1) is 5.92 Å². The van der Waals surface area contributed by atoms with Crippen LogP contribution in [0.15, 0.2) is 4.99 Å². The van der Waals surface area contributed by atoms with Crippen molar-refractivity contribution in [3.8, 4) is 0 Å². The third kappa shape index (κ3) is 9.83. The van der Waals surface area contributed by atoms with Crippen molar-refractivity contribution in [3.05, 3.63) is 0 Å². The minimum Gasteiger partial charge on any atom is -0.356 e. The van der Waals surface area contributed by atoms with Crippen LogP contribution in [0.3, 0.4) is 0 Å². The highest BCUT2D eigenvalue weighted by Gasteiger charge is 2.19.